The zero-order valence-corrected chi connectivity index (χ0v) is 21.6. The predicted molar refractivity (Wildman–Crippen MR) is 125 cm³/mol. The fraction of sp³-hybridized carbons (Fsp3) is 0.773. The molecule has 0 radical (unpaired) electrons. The third-order valence-corrected chi connectivity index (χ3v) is 7.96. The Morgan fingerprint density at radius 3 is 2.30 bits per heavy atom. The van der Waals surface area contributed by atoms with Crippen LogP contribution in [-0.2, 0) is 23.9 Å². The molecule has 2 fully saturated rings. The number of ether oxygens (including phenoxy) is 1. The SMILES string of the molecule is CC(C)(C)OC(=O)N1CCC[C@H](CCS(=O)(=O)c2ncc(B3OC(C)(C)C(C)(C)O3)cn2)C1. The van der Waals surface area contributed by atoms with E-state index in [1.165, 1.54) is 12.4 Å². The minimum Gasteiger partial charge on any atom is -0.444 e. The van der Waals surface area contributed by atoms with Crippen molar-refractivity contribution in [2.24, 2.45) is 5.92 Å². The van der Waals surface area contributed by atoms with Crippen molar-refractivity contribution in [3.05, 3.63) is 12.4 Å². The zero-order chi connectivity index (χ0) is 24.7. The quantitative estimate of drug-likeness (QED) is 0.467. The Labute approximate surface area is 197 Å². The standard InChI is InChI=1S/C22H36BN3O6S/c1-20(2,3)30-19(27)26-11-8-9-16(15-26)10-12-33(28,29)18-24-13-17(14-25-18)23-31-21(4,5)22(6,7)32-23/h13-14,16H,8-12,15H2,1-7H3/t16-/m1/s1. The molecule has 0 aromatic carbocycles. The average molecular weight is 481 g/mol. The number of likely N-dealkylation sites (tertiary alicyclic amines) is 1. The van der Waals surface area contributed by atoms with Crippen molar-refractivity contribution >= 4 is 28.5 Å². The summed E-state index contributed by atoms with van der Waals surface area (Å²) in [4.78, 5) is 22.2. The Hall–Kier alpha value is -1.72. The number of piperidine rings is 1. The highest BCUT2D eigenvalue weighted by Gasteiger charge is 2.52. The number of hydrogen-bond acceptors (Lipinski definition) is 8. The number of rotatable bonds is 5. The highest BCUT2D eigenvalue weighted by atomic mass is 32.2. The molecule has 9 nitrogen and oxygen atoms in total. The average Bonchev–Trinajstić information content (AvgIpc) is 2.93. The molecule has 2 saturated heterocycles. The number of amides is 1. The van der Waals surface area contributed by atoms with Crippen LogP contribution in [0.1, 0.15) is 67.7 Å². The minimum atomic E-state index is -3.65. The van der Waals surface area contributed by atoms with Crippen LogP contribution in [0.25, 0.3) is 0 Å². The molecule has 0 N–H and O–H groups in total. The van der Waals surface area contributed by atoms with Crippen LogP contribution >= 0.6 is 0 Å². The van der Waals surface area contributed by atoms with Gasteiger partial charge in [-0.15, -0.1) is 0 Å². The van der Waals surface area contributed by atoms with Crippen molar-refractivity contribution in [2.45, 2.75) is 89.7 Å². The third kappa shape index (κ3) is 6.25. The first-order chi connectivity index (χ1) is 15.1. The Morgan fingerprint density at radius 2 is 1.76 bits per heavy atom. The van der Waals surface area contributed by atoms with Gasteiger partial charge in [0.05, 0.1) is 17.0 Å². The highest BCUT2D eigenvalue weighted by Crippen LogP contribution is 2.36. The van der Waals surface area contributed by atoms with Gasteiger partial charge in [-0.2, -0.15) is 0 Å². The number of hydrogen-bond donors (Lipinski definition) is 0. The summed E-state index contributed by atoms with van der Waals surface area (Å²) in [7, 11) is -4.30. The topological polar surface area (TPSA) is 108 Å². The summed E-state index contributed by atoms with van der Waals surface area (Å²) < 4.78 is 43.0. The maximum absolute atomic E-state index is 12.8. The van der Waals surface area contributed by atoms with Crippen LogP contribution in [0.2, 0.25) is 0 Å². The van der Waals surface area contributed by atoms with Gasteiger partial charge in [-0.3, -0.25) is 0 Å². The molecule has 1 aromatic heterocycles. The van der Waals surface area contributed by atoms with Crippen LogP contribution in [0.15, 0.2) is 17.6 Å². The van der Waals surface area contributed by atoms with E-state index < -0.39 is 33.8 Å². The molecule has 1 atom stereocenters. The summed E-state index contributed by atoms with van der Waals surface area (Å²) in [5.74, 6) is 0.0143. The predicted octanol–water partition coefficient (Wildman–Crippen LogP) is 2.59. The summed E-state index contributed by atoms with van der Waals surface area (Å²) in [5, 5.41) is -0.206. The van der Waals surface area contributed by atoms with Gasteiger partial charge < -0.3 is 18.9 Å². The number of sulfone groups is 1. The molecule has 3 heterocycles. The molecule has 2 aliphatic heterocycles. The molecule has 0 saturated carbocycles. The van der Waals surface area contributed by atoms with E-state index in [1.807, 2.05) is 48.5 Å². The third-order valence-electron chi connectivity index (χ3n) is 6.42. The molecule has 0 bridgehead atoms. The van der Waals surface area contributed by atoms with Crippen LogP contribution in [0.4, 0.5) is 4.79 Å². The van der Waals surface area contributed by atoms with Crippen molar-refractivity contribution in [3.8, 4) is 0 Å². The minimum absolute atomic E-state index is 0.0737. The summed E-state index contributed by atoms with van der Waals surface area (Å²) in [5.41, 5.74) is -0.991. The van der Waals surface area contributed by atoms with Gasteiger partial charge in [0.1, 0.15) is 5.60 Å². The van der Waals surface area contributed by atoms with E-state index in [9.17, 15) is 13.2 Å². The van der Waals surface area contributed by atoms with Crippen LogP contribution in [0.3, 0.4) is 0 Å². The van der Waals surface area contributed by atoms with Crippen molar-refractivity contribution in [3.63, 3.8) is 0 Å². The summed E-state index contributed by atoms with van der Waals surface area (Å²) in [6, 6.07) is 0. The molecule has 0 spiro atoms. The summed E-state index contributed by atoms with van der Waals surface area (Å²) >= 11 is 0. The lowest BCUT2D eigenvalue weighted by Crippen LogP contribution is -2.43. The van der Waals surface area contributed by atoms with E-state index in [-0.39, 0.29) is 22.9 Å². The van der Waals surface area contributed by atoms with Gasteiger partial charge in [0.15, 0.2) is 0 Å². The molecule has 33 heavy (non-hydrogen) atoms. The van der Waals surface area contributed by atoms with E-state index in [0.717, 1.165) is 12.8 Å². The molecule has 11 heteroatoms. The lowest BCUT2D eigenvalue weighted by molar-refractivity contribution is 0.00578. The first-order valence-corrected chi connectivity index (χ1v) is 13.1. The second kappa shape index (κ2) is 9.15. The lowest BCUT2D eigenvalue weighted by Gasteiger charge is -2.34. The van der Waals surface area contributed by atoms with Gasteiger partial charge in [0.2, 0.25) is 15.0 Å². The Balaban J connectivity index is 1.58. The van der Waals surface area contributed by atoms with E-state index in [1.54, 1.807) is 4.90 Å². The summed E-state index contributed by atoms with van der Waals surface area (Å²) in [6.07, 6.45) is 4.68. The molecule has 1 aromatic rings. The molecular weight excluding hydrogens is 445 g/mol. The van der Waals surface area contributed by atoms with Gasteiger partial charge in [-0.25, -0.2) is 23.2 Å². The molecule has 0 unspecified atom stereocenters. The van der Waals surface area contributed by atoms with Crippen LogP contribution in [0.5, 0.6) is 0 Å². The van der Waals surface area contributed by atoms with E-state index in [0.29, 0.717) is 25.0 Å². The van der Waals surface area contributed by atoms with Gasteiger partial charge >= 0.3 is 13.2 Å². The Bertz CT molecular complexity index is 943. The number of carbonyl (C=O) groups is 1. The van der Waals surface area contributed by atoms with Crippen LogP contribution in [0, 0.1) is 5.92 Å². The molecule has 1 amide bonds. The maximum Gasteiger partial charge on any atom is 0.498 e. The number of aromatic nitrogens is 2. The Morgan fingerprint density at radius 1 is 1.18 bits per heavy atom. The molecule has 3 rings (SSSR count). The maximum atomic E-state index is 12.8. The molecule has 2 aliphatic rings. The molecule has 0 aliphatic carbocycles. The van der Waals surface area contributed by atoms with Crippen molar-refractivity contribution < 1.29 is 27.3 Å². The fourth-order valence-corrected chi connectivity index (χ4v) is 5.05. The van der Waals surface area contributed by atoms with Gasteiger partial charge in [-0.05, 0) is 73.6 Å². The second-order valence-corrected chi connectivity index (χ2v) is 12.9. The van der Waals surface area contributed by atoms with E-state index in [4.69, 9.17) is 14.0 Å². The van der Waals surface area contributed by atoms with Crippen molar-refractivity contribution in [1.82, 2.24) is 14.9 Å². The van der Waals surface area contributed by atoms with Crippen molar-refractivity contribution in [2.75, 3.05) is 18.8 Å². The highest BCUT2D eigenvalue weighted by molar-refractivity contribution is 7.91. The smallest absolute Gasteiger partial charge is 0.444 e. The summed E-state index contributed by atoms with van der Waals surface area (Å²) in [6.45, 7) is 14.4. The van der Waals surface area contributed by atoms with Gasteiger partial charge in [-0.1, -0.05) is 0 Å². The van der Waals surface area contributed by atoms with E-state index in [2.05, 4.69) is 9.97 Å². The Kier molecular flexibility index (Phi) is 7.18. The monoisotopic (exact) mass is 481 g/mol. The van der Waals surface area contributed by atoms with Crippen LogP contribution < -0.4 is 5.46 Å². The lowest BCUT2D eigenvalue weighted by atomic mass is 9.81. The zero-order valence-electron chi connectivity index (χ0n) is 20.8. The van der Waals surface area contributed by atoms with Gasteiger partial charge in [0, 0.05) is 30.9 Å². The number of carbonyl (C=O) groups excluding carboxylic acids is 1. The number of nitrogens with zero attached hydrogens (tertiary/aromatic N) is 3. The van der Waals surface area contributed by atoms with Crippen LogP contribution in [-0.4, -0.2) is 72.1 Å². The normalized spacial score (nSPS) is 22.9. The van der Waals surface area contributed by atoms with E-state index >= 15 is 0 Å². The van der Waals surface area contributed by atoms with Crippen molar-refractivity contribution in [1.29, 1.82) is 0 Å². The fourth-order valence-electron chi connectivity index (χ4n) is 3.79. The first kappa shape index (κ1) is 25.9. The second-order valence-electron chi connectivity index (χ2n) is 10.9. The molecule has 184 valence electrons. The largest absolute Gasteiger partial charge is 0.498 e. The van der Waals surface area contributed by atoms with Gasteiger partial charge in [0.25, 0.3) is 0 Å². The molecular formula is C22H36BN3O6S. The first-order valence-electron chi connectivity index (χ1n) is 11.5.